The van der Waals surface area contributed by atoms with Gasteiger partial charge >= 0.3 is 11.9 Å². The molecule has 38 heavy (non-hydrogen) atoms. The van der Waals surface area contributed by atoms with Crippen molar-refractivity contribution < 1.29 is 38.1 Å². The molecule has 1 aliphatic heterocycles. The summed E-state index contributed by atoms with van der Waals surface area (Å²) in [7, 11) is 0. The van der Waals surface area contributed by atoms with E-state index in [0.717, 1.165) is 62.6 Å². The molecular formula is C27H35F2N3O6. The van der Waals surface area contributed by atoms with Crippen LogP contribution in [0.1, 0.15) is 28.8 Å². The van der Waals surface area contributed by atoms with Crippen molar-refractivity contribution in [1.29, 1.82) is 0 Å². The van der Waals surface area contributed by atoms with E-state index < -0.39 is 18.6 Å². The summed E-state index contributed by atoms with van der Waals surface area (Å²) in [6.07, 6.45) is 2.33. The van der Waals surface area contributed by atoms with E-state index in [9.17, 15) is 13.6 Å². The largest absolute Gasteiger partial charge is 0.489 e. The van der Waals surface area contributed by atoms with Crippen LogP contribution in [0.4, 0.5) is 14.5 Å². The maximum absolute atomic E-state index is 12.5. The number of para-hydroxylation sites is 2. The predicted octanol–water partition coefficient (Wildman–Crippen LogP) is 3.03. The number of piperazine rings is 1. The lowest BCUT2D eigenvalue weighted by molar-refractivity contribution is -0.159. The first kappa shape index (κ1) is 30.5. The van der Waals surface area contributed by atoms with Crippen molar-refractivity contribution in [2.24, 2.45) is 0 Å². The van der Waals surface area contributed by atoms with Gasteiger partial charge in [0.2, 0.25) is 0 Å². The molecule has 11 heteroatoms. The van der Waals surface area contributed by atoms with Crippen molar-refractivity contribution in [2.75, 3.05) is 64.1 Å². The van der Waals surface area contributed by atoms with Gasteiger partial charge in [0.1, 0.15) is 19.0 Å². The Kier molecular flexibility index (Phi) is 13.6. The van der Waals surface area contributed by atoms with Crippen LogP contribution >= 0.6 is 0 Å². The third kappa shape index (κ3) is 10.7. The van der Waals surface area contributed by atoms with Gasteiger partial charge < -0.3 is 25.2 Å². The van der Waals surface area contributed by atoms with Gasteiger partial charge in [-0.1, -0.05) is 24.3 Å². The van der Waals surface area contributed by atoms with Gasteiger partial charge in [-0.2, -0.15) is 0 Å². The Labute approximate surface area is 221 Å². The highest BCUT2D eigenvalue weighted by molar-refractivity contribution is 6.27. The Morgan fingerprint density at radius 1 is 0.868 bits per heavy atom. The SMILES string of the molecule is O=C(NCCCCN1CCN(c2ccccc2OCCF)CC1)c1ccc(CCF)cc1.O=C(O)C(=O)O. The number of hydrogen-bond acceptors (Lipinski definition) is 6. The lowest BCUT2D eigenvalue weighted by Gasteiger charge is -2.36. The molecule has 1 heterocycles. The van der Waals surface area contributed by atoms with Gasteiger partial charge in [0.25, 0.3) is 5.91 Å². The summed E-state index contributed by atoms with van der Waals surface area (Å²) in [4.78, 5) is 35.1. The molecule has 0 atom stereocenters. The Hall–Kier alpha value is -3.73. The number of carboxylic acid groups (broad SMARTS) is 2. The van der Waals surface area contributed by atoms with Crippen LogP contribution in [0.25, 0.3) is 0 Å². The van der Waals surface area contributed by atoms with Crippen molar-refractivity contribution >= 4 is 23.5 Å². The van der Waals surface area contributed by atoms with Crippen LogP contribution in [0, 0.1) is 0 Å². The first-order valence-electron chi connectivity index (χ1n) is 12.5. The van der Waals surface area contributed by atoms with E-state index >= 15 is 0 Å². The van der Waals surface area contributed by atoms with Crippen LogP contribution in [0.2, 0.25) is 0 Å². The van der Waals surface area contributed by atoms with Crippen LogP contribution in [-0.2, 0) is 16.0 Å². The van der Waals surface area contributed by atoms with Crippen molar-refractivity contribution in [3.63, 3.8) is 0 Å². The summed E-state index contributed by atoms with van der Waals surface area (Å²) in [6.45, 7) is 4.60. The molecule has 1 saturated heterocycles. The molecule has 3 rings (SSSR count). The maximum atomic E-state index is 12.5. The predicted molar refractivity (Wildman–Crippen MR) is 140 cm³/mol. The van der Waals surface area contributed by atoms with Crippen LogP contribution in [-0.4, -0.2) is 92.2 Å². The highest BCUT2D eigenvalue weighted by atomic mass is 19.1. The molecule has 0 unspecified atom stereocenters. The molecule has 0 saturated carbocycles. The number of nitrogens with one attached hydrogen (secondary N) is 1. The van der Waals surface area contributed by atoms with Crippen molar-refractivity contribution in [2.45, 2.75) is 19.3 Å². The van der Waals surface area contributed by atoms with E-state index in [2.05, 4.69) is 15.1 Å². The first-order chi connectivity index (χ1) is 18.3. The van der Waals surface area contributed by atoms with Crippen LogP contribution in [0.5, 0.6) is 5.75 Å². The van der Waals surface area contributed by atoms with Crippen molar-refractivity contribution in [3.05, 3.63) is 59.7 Å². The average molecular weight is 536 g/mol. The topological polar surface area (TPSA) is 119 Å². The molecule has 208 valence electrons. The molecule has 1 amide bonds. The number of hydrogen-bond donors (Lipinski definition) is 3. The summed E-state index contributed by atoms with van der Waals surface area (Å²) < 4.78 is 30.4. The minimum absolute atomic E-state index is 0.0813. The second-order valence-corrected chi connectivity index (χ2v) is 8.54. The number of nitrogens with zero attached hydrogens (tertiary/aromatic N) is 2. The molecule has 1 fully saturated rings. The Bertz CT molecular complexity index is 1000. The normalized spacial score (nSPS) is 13.3. The zero-order chi connectivity index (χ0) is 27.8. The van der Waals surface area contributed by atoms with E-state index in [0.29, 0.717) is 18.5 Å². The van der Waals surface area contributed by atoms with E-state index in [1.807, 2.05) is 24.3 Å². The molecule has 2 aromatic rings. The third-order valence-electron chi connectivity index (χ3n) is 5.88. The van der Waals surface area contributed by atoms with Gasteiger partial charge in [-0.25, -0.2) is 14.0 Å². The van der Waals surface area contributed by atoms with E-state index in [4.69, 9.17) is 24.5 Å². The Balaban J connectivity index is 0.000000757. The number of ether oxygens (including phenoxy) is 1. The first-order valence-corrected chi connectivity index (χ1v) is 12.5. The summed E-state index contributed by atoms with van der Waals surface area (Å²) in [5, 5.41) is 17.7. The Morgan fingerprint density at radius 3 is 2.13 bits per heavy atom. The molecule has 2 aromatic carbocycles. The number of halogens is 2. The van der Waals surface area contributed by atoms with Gasteiger partial charge in [0, 0.05) is 44.7 Å². The number of carbonyl (C=O) groups excluding carboxylic acids is 1. The summed E-state index contributed by atoms with van der Waals surface area (Å²) >= 11 is 0. The molecule has 1 aliphatic rings. The fraction of sp³-hybridized carbons (Fsp3) is 0.444. The van der Waals surface area contributed by atoms with E-state index in [1.54, 1.807) is 24.3 Å². The number of carbonyl (C=O) groups is 3. The number of alkyl halides is 2. The second kappa shape index (κ2) is 16.9. The highest BCUT2D eigenvalue weighted by Gasteiger charge is 2.19. The van der Waals surface area contributed by atoms with Gasteiger partial charge in [0.15, 0.2) is 0 Å². The maximum Gasteiger partial charge on any atom is 0.414 e. The highest BCUT2D eigenvalue weighted by Crippen LogP contribution is 2.28. The third-order valence-corrected chi connectivity index (χ3v) is 5.88. The fourth-order valence-electron chi connectivity index (χ4n) is 3.90. The molecule has 0 aromatic heterocycles. The molecule has 3 N–H and O–H groups in total. The number of unbranched alkanes of at least 4 members (excludes halogenated alkanes) is 1. The monoisotopic (exact) mass is 535 g/mol. The summed E-state index contributed by atoms with van der Waals surface area (Å²) in [5.74, 6) is -2.99. The van der Waals surface area contributed by atoms with E-state index in [-0.39, 0.29) is 19.2 Å². The van der Waals surface area contributed by atoms with Crippen molar-refractivity contribution in [3.8, 4) is 5.75 Å². The second-order valence-electron chi connectivity index (χ2n) is 8.54. The number of anilines is 1. The standard InChI is InChI=1S/C25H33F2N3O2.C2H2O4/c26-12-11-21-7-9-22(10-8-21)25(31)28-14-3-4-15-29-16-18-30(19-17-29)23-5-1-2-6-24(23)32-20-13-27;3-1(4)2(5)6/h1-2,5-10H,3-4,11-20H2,(H,28,31);(H,3,4)(H,5,6). The number of rotatable bonds is 12. The van der Waals surface area contributed by atoms with Crippen molar-refractivity contribution in [1.82, 2.24) is 10.2 Å². The van der Waals surface area contributed by atoms with Crippen LogP contribution in [0.3, 0.4) is 0 Å². The molecular weight excluding hydrogens is 500 g/mol. The Morgan fingerprint density at radius 2 is 1.53 bits per heavy atom. The van der Waals surface area contributed by atoms with Gasteiger partial charge in [-0.05, 0) is 49.2 Å². The lowest BCUT2D eigenvalue weighted by Crippen LogP contribution is -2.46. The van der Waals surface area contributed by atoms with Crippen LogP contribution < -0.4 is 15.0 Å². The number of aryl methyl sites for hydroxylation is 1. The van der Waals surface area contributed by atoms with Crippen LogP contribution in [0.15, 0.2) is 48.5 Å². The quantitative estimate of drug-likeness (QED) is 0.280. The smallest absolute Gasteiger partial charge is 0.414 e. The molecule has 9 nitrogen and oxygen atoms in total. The van der Waals surface area contributed by atoms with Gasteiger partial charge in [-0.3, -0.25) is 14.1 Å². The number of carboxylic acids is 2. The number of benzene rings is 2. The van der Waals surface area contributed by atoms with E-state index in [1.165, 1.54) is 0 Å². The van der Waals surface area contributed by atoms with Gasteiger partial charge in [0.05, 0.1) is 12.4 Å². The number of aliphatic carboxylic acids is 2. The minimum Gasteiger partial charge on any atom is -0.489 e. The lowest BCUT2D eigenvalue weighted by atomic mass is 10.1. The zero-order valence-corrected chi connectivity index (χ0v) is 21.3. The van der Waals surface area contributed by atoms with Gasteiger partial charge in [-0.15, -0.1) is 0 Å². The number of amides is 1. The molecule has 0 spiro atoms. The molecule has 0 aliphatic carbocycles. The minimum atomic E-state index is -1.82. The average Bonchev–Trinajstić information content (AvgIpc) is 2.93. The summed E-state index contributed by atoms with van der Waals surface area (Å²) in [6, 6.07) is 14.9. The zero-order valence-electron chi connectivity index (χ0n) is 21.3. The molecule has 0 bridgehead atoms. The fourth-order valence-corrected chi connectivity index (χ4v) is 3.90. The summed E-state index contributed by atoms with van der Waals surface area (Å²) in [5.41, 5.74) is 2.54. The molecule has 0 radical (unpaired) electrons.